The molecule has 42 heavy (non-hydrogen) atoms. The van der Waals surface area contributed by atoms with Crippen LogP contribution in [0.4, 0.5) is 38.5 Å². The number of halogens is 2. The number of nitrogens with zero attached hydrogens (tertiary/aromatic N) is 2. The van der Waals surface area contributed by atoms with Gasteiger partial charge in [0.15, 0.2) is 23.0 Å². The van der Waals surface area contributed by atoms with E-state index < -0.39 is 0 Å². The lowest BCUT2D eigenvalue weighted by atomic mass is 10.0. The fourth-order valence-electron chi connectivity index (χ4n) is 5.70. The second-order valence-electron chi connectivity index (χ2n) is 10.1. The third-order valence-electron chi connectivity index (χ3n) is 7.57. The van der Waals surface area contributed by atoms with Crippen LogP contribution in [0.2, 0.25) is 5.02 Å². The molecule has 0 fully saturated rings. The molecule has 0 saturated heterocycles. The van der Waals surface area contributed by atoms with Gasteiger partial charge in [0, 0.05) is 5.56 Å². The van der Waals surface area contributed by atoms with Crippen LogP contribution in [0.1, 0.15) is 0 Å². The van der Waals surface area contributed by atoms with Gasteiger partial charge in [0.2, 0.25) is 0 Å². The first kappa shape index (κ1) is 24.5. The zero-order valence-corrected chi connectivity index (χ0v) is 22.9. The minimum absolute atomic E-state index is 0.317. The van der Waals surface area contributed by atoms with Crippen LogP contribution < -0.4 is 19.3 Å². The summed E-state index contributed by atoms with van der Waals surface area (Å²) < 4.78 is 27.9. The Bertz CT molecular complexity index is 1800. The highest BCUT2D eigenvalue weighted by atomic mass is 35.5. The van der Waals surface area contributed by atoms with Crippen molar-refractivity contribution in [1.82, 2.24) is 0 Å². The Balaban J connectivity index is 1.45. The Hall–Kier alpha value is -5.26. The molecule has 202 valence electrons. The molecule has 2 heterocycles. The van der Waals surface area contributed by atoms with E-state index in [0.29, 0.717) is 50.5 Å². The van der Waals surface area contributed by atoms with Gasteiger partial charge in [-0.1, -0.05) is 78.3 Å². The number of para-hydroxylation sites is 8. The van der Waals surface area contributed by atoms with Crippen LogP contribution >= 0.6 is 11.6 Å². The van der Waals surface area contributed by atoms with E-state index in [2.05, 4.69) is 9.80 Å². The average Bonchev–Trinajstić information content (AvgIpc) is 3.03. The molecule has 2 aliphatic rings. The number of rotatable bonds is 3. The second-order valence-corrected chi connectivity index (χ2v) is 10.4. The molecule has 6 aromatic rings. The van der Waals surface area contributed by atoms with Crippen molar-refractivity contribution in [2.24, 2.45) is 0 Å². The maximum atomic E-state index is 15.4. The van der Waals surface area contributed by atoms with Crippen LogP contribution in [-0.2, 0) is 0 Å². The fraction of sp³-hybridized carbons (Fsp3) is 0. The fourth-order valence-corrected chi connectivity index (χ4v) is 5.98. The minimum Gasteiger partial charge on any atom is -0.453 e. The molecular weight excluding hydrogens is 547 g/mol. The van der Waals surface area contributed by atoms with Crippen molar-refractivity contribution < 1.29 is 13.9 Å². The molecule has 0 radical (unpaired) electrons. The van der Waals surface area contributed by atoms with Crippen LogP contribution in [0.3, 0.4) is 0 Å². The largest absolute Gasteiger partial charge is 0.453 e. The first-order chi connectivity index (χ1) is 20.7. The highest BCUT2D eigenvalue weighted by Crippen LogP contribution is 2.57. The summed E-state index contributed by atoms with van der Waals surface area (Å²) in [5.41, 5.74) is 5.87. The predicted octanol–water partition coefficient (Wildman–Crippen LogP) is 11.3. The summed E-state index contributed by atoms with van der Waals surface area (Å²) in [6.07, 6.45) is 0. The van der Waals surface area contributed by atoms with E-state index in [9.17, 15) is 0 Å². The van der Waals surface area contributed by atoms with Crippen LogP contribution in [0.15, 0.2) is 133 Å². The Labute approximate surface area is 247 Å². The Morgan fingerprint density at radius 1 is 0.452 bits per heavy atom. The van der Waals surface area contributed by atoms with Crippen molar-refractivity contribution in [2.45, 2.75) is 0 Å². The van der Waals surface area contributed by atoms with E-state index in [1.54, 1.807) is 12.1 Å². The summed E-state index contributed by atoms with van der Waals surface area (Å²) in [6.45, 7) is 0. The van der Waals surface area contributed by atoms with Crippen molar-refractivity contribution in [2.75, 3.05) is 9.80 Å². The lowest BCUT2D eigenvalue weighted by molar-refractivity contribution is 0.477. The van der Waals surface area contributed by atoms with Gasteiger partial charge in [-0.3, -0.25) is 0 Å². The molecule has 0 atom stereocenters. The topological polar surface area (TPSA) is 24.9 Å². The molecule has 0 aromatic heterocycles. The SMILES string of the molecule is Fc1ccccc1-c1cc(N2c3ccccc3Oc3ccccc32)c(Cl)c(N2c3ccccc3Oc3ccccc32)c1. The van der Waals surface area contributed by atoms with Crippen molar-refractivity contribution >= 4 is 45.7 Å². The lowest BCUT2D eigenvalue weighted by Gasteiger charge is -2.37. The van der Waals surface area contributed by atoms with E-state index in [1.807, 2.05) is 115 Å². The van der Waals surface area contributed by atoms with E-state index in [4.69, 9.17) is 21.1 Å². The number of hydrogen-bond acceptors (Lipinski definition) is 4. The summed E-state index contributed by atoms with van der Waals surface area (Å²) in [5, 5.41) is 0.494. The molecule has 0 amide bonds. The summed E-state index contributed by atoms with van der Waals surface area (Å²) in [7, 11) is 0. The van der Waals surface area contributed by atoms with E-state index in [1.165, 1.54) is 6.07 Å². The number of benzene rings is 6. The quantitative estimate of drug-likeness (QED) is 0.211. The Morgan fingerprint density at radius 3 is 1.21 bits per heavy atom. The highest BCUT2D eigenvalue weighted by Gasteiger charge is 2.32. The van der Waals surface area contributed by atoms with Gasteiger partial charge < -0.3 is 19.3 Å². The Kier molecular flexibility index (Phi) is 5.66. The normalized spacial score (nSPS) is 12.8. The van der Waals surface area contributed by atoms with Crippen molar-refractivity contribution in [1.29, 1.82) is 0 Å². The van der Waals surface area contributed by atoms with Crippen LogP contribution in [-0.4, -0.2) is 0 Å². The van der Waals surface area contributed by atoms with Crippen molar-refractivity contribution in [3.63, 3.8) is 0 Å². The van der Waals surface area contributed by atoms with Gasteiger partial charge >= 0.3 is 0 Å². The number of hydrogen-bond donors (Lipinski definition) is 0. The van der Waals surface area contributed by atoms with Gasteiger partial charge in [0.25, 0.3) is 0 Å². The maximum absolute atomic E-state index is 15.4. The summed E-state index contributed by atoms with van der Waals surface area (Å²) in [6, 6.07) is 42.0. The molecular formula is C36H22ClFN2O2. The maximum Gasteiger partial charge on any atom is 0.151 e. The molecule has 6 aromatic carbocycles. The van der Waals surface area contributed by atoms with Gasteiger partial charge in [0.05, 0.1) is 39.1 Å². The molecule has 0 N–H and O–H groups in total. The van der Waals surface area contributed by atoms with E-state index in [-0.39, 0.29) is 5.82 Å². The first-order valence-electron chi connectivity index (χ1n) is 13.6. The Morgan fingerprint density at radius 2 is 0.810 bits per heavy atom. The zero-order chi connectivity index (χ0) is 28.2. The third-order valence-corrected chi connectivity index (χ3v) is 7.95. The molecule has 2 aliphatic heterocycles. The van der Waals surface area contributed by atoms with E-state index >= 15 is 4.39 Å². The van der Waals surface area contributed by atoms with Gasteiger partial charge in [-0.15, -0.1) is 0 Å². The molecule has 0 unspecified atom stereocenters. The molecule has 6 heteroatoms. The number of anilines is 6. The highest BCUT2D eigenvalue weighted by molar-refractivity contribution is 6.37. The molecule has 0 saturated carbocycles. The summed E-state index contributed by atoms with van der Waals surface area (Å²) >= 11 is 7.48. The van der Waals surface area contributed by atoms with Gasteiger partial charge in [0.1, 0.15) is 5.82 Å². The van der Waals surface area contributed by atoms with E-state index in [0.717, 1.165) is 22.7 Å². The lowest BCUT2D eigenvalue weighted by Crippen LogP contribution is -2.19. The number of ether oxygens (including phenoxy) is 2. The zero-order valence-electron chi connectivity index (χ0n) is 22.2. The number of fused-ring (bicyclic) bond motifs is 4. The van der Waals surface area contributed by atoms with Gasteiger partial charge in [-0.05, 0) is 72.3 Å². The predicted molar refractivity (Wildman–Crippen MR) is 166 cm³/mol. The van der Waals surface area contributed by atoms with Crippen molar-refractivity contribution in [3.05, 3.63) is 144 Å². The molecule has 0 bridgehead atoms. The molecule has 4 nitrogen and oxygen atoms in total. The standard InChI is InChI=1S/C36H22ClFN2O2/c37-36-30(39-26-13-3-7-17-32(26)41-33-18-8-4-14-27(33)39)21-23(24-11-1-2-12-25(24)38)22-31(36)40-28-15-5-9-19-34(28)42-35-20-10-6-16-29(35)40/h1-22H. The van der Waals surface area contributed by atoms with Crippen LogP contribution in [0.5, 0.6) is 23.0 Å². The van der Waals surface area contributed by atoms with Crippen molar-refractivity contribution in [3.8, 4) is 34.1 Å². The minimum atomic E-state index is -0.317. The molecule has 8 rings (SSSR count). The summed E-state index contributed by atoms with van der Waals surface area (Å²) in [5.74, 6) is 2.49. The smallest absolute Gasteiger partial charge is 0.151 e. The van der Waals surface area contributed by atoms with Crippen LogP contribution in [0, 0.1) is 5.82 Å². The third kappa shape index (κ3) is 3.82. The molecule has 0 spiro atoms. The second kappa shape index (κ2) is 9.68. The average molecular weight is 569 g/mol. The summed E-state index contributed by atoms with van der Waals surface area (Å²) in [4.78, 5) is 4.17. The first-order valence-corrected chi connectivity index (χ1v) is 14.0. The monoisotopic (exact) mass is 568 g/mol. The van der Waals surface area contributed by atoms with Crippen LogP contribution in [0.25, 0.3) is 11.1 Å². The molecule has 0 aliphatic carbocycles. The van der Waals surface area contributed by atoms with Gasteiger partial charge in [-0.25, -0.2) is 4.39 Å². The van der Waals surface area contributed by atoms with Gasteiger partial charge in [-0.2, -0.15) is 0 Å².